The molecule has 0 spiro atoms. The lowest BCUT2D eigenvalue weighted by Crippen LogP contribution is -2.42. The van der Waals surface area contributed by atoms with Crippen LogP contribution in [0, 0.1) is 11.8 Å². The Balaban J connectivity index is 0.000000686. The van der Waals surface area contributed by atoms with E-state index in [4.69, 9.17) is 0 Å². The Hall–Kier alpha value is -0.0800. The second-order valence-corrected chi connectivity index (χ2v) is 5.55. The highest BCUT2D eigenvalue weighted by atomic mass is 15.1. The zero-order chi connectivity index (χ0) is 12.7. The molecule has 0 bridgehead atoms. The number of hydrogen-bond donors (Lipinski definition) is 1. The first kappa shape index (κ1) is 15.0. The van der Waals surface area contributed by atoms with Gasteiger partial charge in [0.05, 0.1) is 0 Å². The molecule has 0 radical (unpaired) electrons. The zero-order valence-corrected chi connectivity index (χ0v) is 12.3. The van der Waals surface area contributed by atoms with E-state index in [-0.39, 0.29) is 0 Å². The summed E-state index contributed by atoms with van der Waals surface area (Å²) in [6.45, 7) is 13.8. The summed E-state index contributed by atoms with van der Waals surface area (Å²) in [5, 5.41) is 3.47. The van der Waals surface area contributed by atoms with Crippen molar-refractivity contribution in [3.63, 3.8) is 0 Å². The van der Waals surface area contributed by atoms with Gasteiger partial charge < -0.3 is 10.2 Å². The number of rotatable bonds is 2. The molecule has 102 valence electrons. The number of nitrogens with one attached hydrogen (secondary N) is 1. The molecule has 2 rings (SSSR count). The molecule has 2 aliphatic rings. The molecule has 0 aromatic carbocycles. The predicted octanol–water partition coefficient (Wildman–Crippen LogP) is 3.13. The first-order chi connectivity index (χ1) is 8.27. The summed E-state index contributed by atoms with van der Waals surface area (Å²) in [6, 6.07) is 0.749. The molecule has 0 aromatic rings. The van der Waals surface area contributed by atoms with Gasteiger partial charge in [0.1, 0.15) is 0 Å². The maximum atomic E-state index is 3.47. The molecule has 2 nitrogen and oxygen atoms in total. The molecule has 17 heavy (non-hydrogen) atoms. The highest BCUT2D eigenvalue weighted by molar-refractivity contribution is 4.81. The number of hydrogen-bond acceptors (Lipinski definition) is 2. The quantitative estimate of drug-likeness (QED) is 0.798. The summed E-state index contributed by atoms with van der Waals surface area (Å²) < 4.78 is 0. The van der Waals surface area contributed by atoms with Crippen molar-refractivity contribution in [2.24, 2.45) is 11.8 Å². The van der Waals surface area contributed by atoms with E-state index in [0.29, 0.717) is 0 Å². The normalized spacial score (nSPS) is 24.5. The van der Waals surface area contributed by atoms with Crippen LogP contribution in [0.2, 0.25) is 0 Å². The van der Waals surface area contributed by atoms with Gasteiger partial charge in [-0.15, -0.1) is 0 Å². The minimum Gasteiger partial charge on any atom is -0.317 e. The SMILES string of the molecule is CC.CC(C)N1CCC(C2CCNCC2)CC1. The molecule has 0 unspecified atom stereocenters. The summed E-state index contributed by atoms with van der Waals surface area (Å²) in [7, 11) is 0. The van der Waals surface area contributed by atoms with Gasteiger partial charge in [0.25, 0.3) is 0 Å². The summed E-state index contributed by atoms with van der Waals surface area (Å²) in [6.07, 6.45) is 5.74. The van der Waals surface area contributed by atoms with E-state index >= 15 is 0 Å². The Morgan fingerprint density at radius 1 is 0.882 bits per heavy atom. The topological polar surface area (TPSA) is 15.3 Å². The fraction of sp³-hybridized carbons (Fsp3) is 1.00. The van der Waals surface area contributed by atoms with Crippen LogP contribution in [0.15, 0.2) is 0 Å². The zero-order valence-electron chi connectivity index (χ0n) is 12.3. The highest BCUT2D eigenvalue weighted by Crippen LogP contribution is 2.31. The van der Waals surface area contributed by atoms with Crippen molar-refractivity contribution < 1.29 is 0 Å². The van der Waals surface area contributed by atoms with Crippen LogP contribution in [0.5, 0.6) is 0 Å². The van der Waals surface area contributed by atoms with Gasteiger partial charge in [-0.2, -0.15) is 0 Å². The van der Waals surface area contributed by atoms with Crippen LogP contribution in [0.25, 0.3) is 0 Å². The molecule has 1 N–H and O–H groups in total. The maximum absolute atomic E-state index is 3.47. The third kappa shape index (κ3) is 4.59. The van der Waals surface area contributed by atoms with Crippen LogP contribution in [-0.2, 0) is 0 Å². The van der Waals surface area contributed by atoms with Crippen molar-refractivity contribution in [1.82, 2.24) is 10.2 Å². The third-order valence-electron chi connectivity index (χ3n) is 4.35. The maximum Gasteiger partial charge on any atom is 0.00385 e. The molecular weight excluding hydrogens is 208 g/mol. The minimum absolute atomic E-state index is 0.749. The van der Waals surface area contributed by atoms with Crippen molar-refractivity contribution in [2.75, 3.05) is 26.2 Å². The van der Waals surface area contributed by atoms with E-state index in [1.165, 1.54) is 51.9 Å². The van der Waals surface area contributed by atoms with E-state index in [1.807, 2.05) is 13.8 Å². The van der Waals surface area contributed by atoms with Crippen LogP contribution < -0.4 is 5.32 Å². The van der Waals surface area contributed by atoms with E-state index in [1.54, 1.807) is 0 Å². The van der Waals surface area contributed by atoms with Crippen LogP contribution >= 0.6 is 0 Å². The molecule has 0 aromatic heterocycles. The average molecular weight is 240 g/mol. The van der Waals surface area contributed by atoms with Gasteiger partial charge >= 0.3 is 0 Å². The van der Waals surface area contributed by atoms with Crippen LogP contribution in [-0.4, -0.2) is 37.1 Å². The summed E-state index contributed by atoms with van der Waals surface area (Å²) in [4.78, 5) is 2.64. The average Bonchev–Trinajstić information content (AvgIpc) is 2.42. The molecular formula is C15H32N2. The van der Waals surface area contributed by atoms with E-state index in [9.17, 15) is 0 Å². The van der Waals surface area contributed by atoms with Gasteiger partial charge in [-0.1, -0.05) is 13.8 Å². The monoisotopic (exact) mass is 240 g/mol. The molecule has 0 aliphatic carbocycles. The fourth-order valence-electron chi connectivity index (χ4n) is 3.22. The lowest BCUT2D eigenvalue weighted by atomic mass is 9.79. The Labute approximate surface area is 108 Å². The molecule has 2 heteroatoms. The smallest absolute Gasteiger partial charge is 0.00385 e. The second kappa shape index (κ2) is 8.10. The molecule has 2 fully saturated rings. The van der Waals surface area contributed by atoms with Crippen molar-refractivity contribution in [1.29, 1.82) is 0 Å². The summed E-state index contributed by atoms with van der Waals surface area (Å²) >= 11 is 0. The van der Waals surface area contributed by atoms with Gasteiger partial charge in [-0.3, -0.25) is 0 Å². The van der Waals surface area contributed by atoms with Gasteiger partial charge in [-0.25, -0.2) is 0 Å². The Morgan fingerprint density at radius 3 is 1.82 bits per heavy atom. The minimum atomic E-state index is 0.749. The van der Waals surface area contributed by atoms with Gasteiger partial charge in [-0.05, 0) is 77.5 Å². The van der Waals surface area contributed by atoms with Gasteiger partial charge in [0.2, 0.25) is 0 Å². The van der Waals surface area contributed by atoms with Gasteiger partial charge in [0.15, 0.2) is 0 Å². The van der Waals surface area contributed by atoms with Gasteiger partial charge in [0, 0.05) is 6.04 Å². The largest absolute Gasteiger partial charge is 0.317 e. The van der Waals surface area contributed by atoms with E-state index in [0.717, 1.165) is 17.9 Å². The highest BCUT2D eigenvalue weighted by Gasteiger charge is 2.27. The van der Waals surface area contributed by atoms with Crippen LogP contribution in [0.1, 0.15) is 53.4 Å². The Kier molecular flexibility index (Phi) is 7.14. The molecule has 0 amide bonds. The second-order valence-electron chi connectivity index (χ2n) is 5.55. The third-order valence-corrected chi connectivity index (χ3v) is 4.35. The molecule has 2 saturated heterocycles. The molecule has 2 heterocycles. The van der Waals surface area contributed by atoms with Crippen LogP contribution in [0.3, 0.4) is 0 Å². The van der Waals surface area contributed by atoms with E-state index in [2.05, 4.69) is 24.1 Å². The van der Waals surface area contributed by atoms with E-state index < -0.39 is 0 Å². The first-order valence-corrected chi connectivity index (χ1v) is 7.72. The number of likely N-dealkylation sites (tertiary alicyclic amines) is 1. The Morgan fingerprint density at radius 2 is 1.35 bits per heavy atom. The lowest BCUT2D eigenvalue weighted by Gasteiger charge is -2.39. The molecule has 0 saturated carbocycles. The van der Waals surface area contributed by atoms with Crippen molar-refractivity contribution in [3.05, 3.63) is 0 Å². The Bertz CT molecular complexity index is 177. The summed E-state index contributed by atoms with van der Waals surface area (Å²) in [5.41, 5.74) is 0. The molecule has 2 aliphatic heterocycles. The van der Waals surface area contributed by atoms with Crippen molar-refractivity contribution in [3.8, 4) is 0 Å². The van der Waals surface area contributed by atoms with Crippen molar-refractivity contribution >= 4 is 0 Å². The standard InChI is InChI=1S/C13H26N2.C2H6/c1-11(2)15-9-5-13(6-10-15)12-3-7-14-8-4-12;1-2/h11-14H,3-10H2,1-2H3;1-2H3. The predicted molar refractivity (Wildman–Crippen MR) is 76.4 cm³/mol. The summed E-state index contributed by atoms with van der Waals surface area (Å²) in [5.74, 6) is 2.06. The first-order valence-electron chi connectivity index (χ1n) is 7.72. The number of nitrogens with zero attached hydrogens (tertiary/aromatic N) is 1. The lowest BCUT2D eigenvalue weighted by molar-refractivity contribution is 0.109. The fourth-order valence-corrected chi connectivity index (χ4v) is 3.22. The van der Waals surface area contributed by atoms with Crippen molar-refractivity contribution in [2.45, 2.75) is 59.4 Å². The number of piperidine rings is 2. The van der Waals surface area contributed by atoms with Crippen LogP contribution in [0.4, 0.5) is 0 Å². The molecule has 0 atom stereocenters.